The van der Waals surface area contributed by atoms with E-state index < -0.39 is 5.82 Å². The Bertz CT molecular complexity index is 1030. The molecule has 0 saturated heterocycles. The van der Waals surface area contributed by atoms with E-state index in [1.54, 1.807) is 12.4 Å². The number of unbranched alkanes of at least 4 members (excludes halogenated alkanes) is 2. The van der Waals surface area contributed by atoms with Crippen molar-refractivity contribution in [1.82, 2.24) is 9.97 Å². The van der Waals surface area contributed by atoms with Crippen LogP contribution in [0.3, 0.4) is 0 Å². The van der Waals surface area contributed by atoms with Crippen LogP contribution in [-0.2, 0) is 9.59 Å². The van der Waals surface area contributed by atoms with E-state index in [0.717, 1.165) is 5.56 Å². The maximum atomic E-state index is 13.6. The fourth-order valence-corrected chi connectivity index (χ4v) is 3.82. The zero-order valence-corrected chi connectivity index (χ0v) is 17.1. The van der Waals surface area contributed by atoms with Crippen LogP contribution in [0.4, 0.5) is 20.9 Å². The van der Waals surface area contributed by atoms with Crippen LogP contribution in [0.15, 0.2) is 48.1 Å². The minimum Gasteiger partial charge on any atom is -0.397 e. The molecule has 0 aliphatic heterocycles. The summed E-state index contributed by atoms with van der Waals surface area (Å²) >= 11 is 1.30. The highest BCUT2D eigenvalue weighted by molar-refractivity contribution is 7.14. The third kappa shape index (κ3) is 5.38. The van der Waals surface area contributed by atoms with Gasteiger partial charge in [-0.15, -0.1) is 11.3 Å². The van der Waals surface area contributed by atoms with Crippen LogP contribution in [0.2, 0.25) is 0 Å². The van der Waals surface area contributed by atoms with Crippen LogP contribution in [0.1, 0.15) is 32.1 Å². The number of pyridine rings is 1. The number of aromatic nitrogens is 2. The lowest BCUT2D eigenvalue weighted by molar-refractivity contribution is -0.118. The summed E-state index contributed by atoms with van der Waals surface area (Å²) in [5.41, 5.74) is 13.3. The van der Waals surface area contributed by atoms with Gasteiger partial charge in [0.25, 0.3) is 0 Å². The van der Waals surface area contributed by atoms with E-state index >= 15 is 0 Å². The number of thiazole rings is 1. The molecule has 3 aromatic rings. The Hall–Kier alpha value is -3.33. The Morgan fingerprint density at radius 2 is 1.80 bits per heavy atom. The number of hydrogen-bond acceptors (Lipinski definition) is 6. The van der Waals surface area contributed by atoms with Crippen LogP contribution in [0, 0.1) is 5.82 Å². The van der Waals surface area contributed by atoms with Crippen LogP contribution in [0.5, 0.6) is 0 Å². The van der Waals surface area contributed by atoms with E-state index in [1.165, 1.54) is 34.4 Å². The third-order valence-corrected chi connectivity index (χ3v) is 5.28. The summed E-state index contributed by atoms with van der Waals surface area (Å²) in [5.74, 6) is -1.04. The molecule has 3 rings (SSSR count). The predicted octanol–water partition coefficient (Wildman–Crippen LogP) is 4.03. The number of nitrogens with zero attached hydrogens (tertiary/aromatic N) is 3. The molecule has 2 aromatic heterocycles. The Morgan fingerprint density at radius 1 is 1.07 bits per heavy atom. The summed E-state index contributed by atoms with van der Waals surface area (Å²) in [4.78, 5) is 33.9. The zero-order chi connectivity index (χ0) is 21.5. The van der Waals surface area contributed by atoms with E-state index in [4.69, 9.17) is 11.5 Å². The Labute approximate surface area is 177 Å². The van der Waals surface area contributed by atoms with Crippen molar-refractivity contribution in [3.8, 4) is 11.3 Å². The van der Waals surface area contributed by atoms with Gasteiger partial charge in [-0.3, -0.25) is 19.5 Å². The van der Waals surface area contributed by atoms with Crippen molar-refractivity contribution >= 4 is 39.7 Å². The monoisotopic (exact) mass is 427 g/mol. The van der Waals surface area contributed by atoms with Gasteiger partial charge in [0.15, 0.2) is 5.13 Å². The van der Waals surface area contributed by atoms with E-state index in [2.05, 4.69) is 9.97 Å². The molecule has 0 fully saturated rings. The minimum absolute atomic E-state index is 0.151. The number of anilines is 3. The number of benzene rings is 1. The van der Waals surface area contributed by atoms with Gasteiger partial charge in [-0.1, -0.05) is 6.42 Å². The van der Waals surface area contributed by atoms with Crippen LogP contribution in [-0.4, -0.2) is 21.8 Å². The van der Waals surface area contributed by atoms with Crippen molar-refractivity contribution in [3.63, 3.8) is 0 Å². The van der Waals surface area contributed by atoms with Crippen molar-refractivity contribution in [3.05, 3.63) is 53.9 Å². The molecule has 2 amide bonds. The fourth-order valence-electron chi connectivity index (χ4n) is 2.96. The predicted molar refractivity (Wildman–Crippen MR) is 116 cm³/mol. The number of hydrogen-bond donors (Lipinski definition) is 2. The summed E-state index contributed by atoms with van der Waals surface area (Å²) < 4.78 is 13.6. The molecule has 0 atom stereocenters. The molecule has 9 heteroatoms. The van der Waals surface area contributed by atoms with Gasteiger partial charge in [0.1, 0.15) is 5.82 Å². The molecular weight excluding hydrogens is 405 g/mol. The third-order valence-electron chi connectivity index (χ3n) is 4.45. The Morgan fingerprint density at radius 3 is 2.50 bits per heavy atom. The fraction of sp³-hybridized carbons (Fsp3) is 0.238. The summed E-state index contributed by atoms with van der Waals surface area (Å²) in [6.07, 6.45) is 5.78. The second-order valence-corrected chi connectivity index (χ2v) is 7.55. The van der Waals surface area contributed by atoms with Crippen molar-refractivity contribution in [2.45, 2.75) is 32.1 Å². The van der Waals surface area contributed by atoms with Gasteiger partial charge in [0, 0.05) is 36.2 Å². The summed E-state index contributed by atoms with van der Waals surface area (Å²) in [6, 6.07) is 7.57. The number of nitrogens with two attached hydrogens (primary N) is 2. The molecule has 0 unspecified atom stereocenters. The molecule has 0 aliphatic rings. The molecule has 7 nitrogen and oxygen atoms in total. The van der Waals surface area contributed by atoms with Crippen LogP contribution in [0.25, 0.3) is 11.3 Å². The van der Waals surface area contributed by atoms with Gasteiger partial charge in [-0.05, 0) is 43.2 Å². The highest BCUT2D eigenvalue weighted by Gasteiger charge is 2.23. The first-order chi connectivity index (χ1) is 14.5. The molecule has 30 heavy (non-hydrogen) atoms. The molecule has 0 saturated carbocycles. The number of rotatable bonds is 9. The first-order valence-electron chi connectivity index (χ1n) is 9.48. The zero-order valence-electron chi connectivity index (χ0n) is 16.3. The number of nitrogen functional groups attached to an aromatic ring is 1. The molecule has 0 aliphatic carbocycles. The molecule has 2 heterocycles. The number of halogens is 1. The number of primary amides is 1. The lowest BCUT2D eigenvalue weighted by atomic mass is 10.1. The number of carbonyl (C=O) groups is 2. The van der Waals surface area contributed by atoms with Crippen molar-refractivity contribution in [2.75, 3.05) is 10.6 Å². The smallest absolute Gasteiger partial charge is 0.233 e. The van der Waals surface area contributed by atoms with Gasteiger partial charge in [0.2, 0.25) is 11.8 Å². The first-order valence-corrected chi connectivity index (χ1v) is 10.4. The van der Waals surface area contributed by atoms with E-state index in [-0.39, 0.29) is 23.9 Å². The average Bonchev–Trinajstić information content (AvgIpc) is 3.20. The first kappa shape index (κ1) is 21.4. The van der Waals surface area contributed by atoms with Gasteiger partial charge >= 0.3 is 0 Å². The maximum Gasteiger partial charge on any atom is 0.233 e. The van der Waals surface area contributed by atoms with E-state index in [9.17, 15) is 14.0 Å². The summed E-state index contributed by atoms with van der Waals surface area (Å²) in [5, 5.41) is 2.29. The van der Waals surface area contributed by atoms with E-state index in [1.807, 2.05) is 17.5 Å². The highest BCUT2D eigenvalue weighted by atomic mass is 32.1. The van der Waals surface area contributed by atoms with Crippen LogP contribution >= 0.6 is 11.3 Å². The maximum absolute atomic E-state index is 13.6. The van der Waals surface area contributed by atoms with Crippen molar-refractivity contribution in [1.29, 1.82) is 0 Å². The van der Waals surface area contributed by atoms with Gasteiger partial charge in [0.05, 0.1) is 17.1 Å². The number of amides is 2. The van der Waals surface area contributed by atoms with Crippen molar-refractivity contribution in [2.24, 2.45) is 5.73 Å². The lowest BCUT2D eigenvalue weighted by Gasteiger charge is -2.21. The normalized spacial score (nSPS) is 10.7. The molecule has 156 valence electrons. The minimum atomic E-state index is -0.480. The molecule has 1 aromatic carbocycles. The average molecular weight is 428 g/mol. The summed E-state index contributed by atoms with van der Waals surface area (Å²) in [7, 11) is 0. The van der Waals surface area contributed by atoms with Gasteiger partial charge in [-0.2, -0.15) is 0 Å². The lowest BCUT2D eigenvalue weighted by Crippen LogP contribution is -2.26. The quantitative estimate of drug-likeness (QED) is 0.395. The van der Waals surface area contributed by atoms with Gasteiger partial charge < -0.3 is 11.5 Å². The molecule has 0 radical (unpaired) electrons. The largest absolute Gasteiger partial charge is 0.397 e. The van der Waals surface area contributed by atoms with E-state index in [0.29, 0.717) is 42.2 Å². The number of carbonyl (C=O) groups excluding carboxylic acids is 2. The summed E-state index contributed by atoms with van der Waals surface area (Å²) in [6.45, 7) is 0. The van der Waals surface area contributed by atoms with Crippen molar-refractivity contribution < 1.29 is 14.0 Å². The SMILES string of the molecule is NC(=O)CCCCCC(=O)N(c1nc(-c2ccncc2)cs1)c1ccc(F)cc1N. The van der Waals surface area contributed by atoms with Crippen LogP contribution < -0.4 is 16.4 Å². The Balaban J connectivity index is 1.84. The second-order valence-electron chi connectivity index (χ2n) is 6.71. The Kier molecular flexibility index (Phi) is 7.08. The van der Waals surface area contributed by atoms with Gasteiger partial charge in [-0.25, -0.2) is 9.37 Å². The molecule has 0 bridgehead atoms. The topological polar surface area (TPSA) is 115 Å². The molecule has 4 N–H and O–H groups in total. The standard InChI is InChI=1S/C21H22FN5O2S/c22-15-6-7-18(16(23)12-15)27(20(29)5-3-1-2-4-19(24)28)21-26-17(13-30-21)14-8-10-25-11-9-14/h6-13H,1-5,23H2,(H2,24,28). The molecule has 0 spiro atoms. The second kappa shape index (κ2) is 9.93. The molecular formula is C21H22FN5O2S. The highest BCUT2D eigenvalue weighted by Crippen LogP contribution is 2.36.